The molecule has 2 aromatic rings. The summed E-state index contributed by atoms with van der Waals surface area (Å²) in [6.07, 6.45) is 2.08. The van der Waals surface area contributed by atoms with E-state index in [1.807, 2.05) is 37.3 Å². The summed E-state index contributed by atoms with van der Waals surface area (Å²) in [6.45, 7) is 2.92. The molecule has 3 rings (SSSR count). The molecule has 2 aromatic carbocycles. The van der Waals surface area contributed by atoms with Crippen LogP contribution in [0.3, 0.4) is 0 Å². The van der Waals surface area contributed by atoms with Crippen LogP contribution in [-0.4, -0.2) is 32.7 Å². The molecule has 1 saturated heterocycles. The van der Waals surface area contributed by atoms with Gasteiger partial charge in [-0.3, -0.25) is 4.79 Å². The maximum atomic E-state index is 12.8. The molecule has 1 amide bonds. The highest BCUT2D eigenvalue weighted by Crippen LogP contribution is 2.32. The van der Waals surface area contributed by atoms with Crippen molar-refractivity contribution in [1.29, 1.82) is 0 Å². The van der Waals surface area contributed by atoms with Gasteiger partial charge in [-0.1, -0.05) is 11.6 Å². The fourth-order valence-corrected chi connectivity index (χ4v) is 3.93. The van der Waals surface area contributed by atoms with E-state index in [9.17, 15) is 4.79 Å². The normalized spacial score (nSPS) is 20.1. The molecule has 0 aliphatic carbocycles. The van der Waals surface area contributed by atoms with Crippen molar-refractivity contribution >= 4 is 23.2 Å². The molecule has 2 N–H and O–H groups in total. The fourth-order valence-electron chi connectivity index (χ4n) is 3.81. The Morgan fingerprint density at radius 3 is 2.59 bits per heavy atom. The van der Waals surface area contributed by atoms with E-state index in [0.29, 0.717) is 5.02 Å². The monoisotopic (exact) mass is 389 g/mol. The standard InChI is InChI=1S/C21H25ClN2O3/c1-14(21(25)23-16-8-6-15(22)7-9-16)24-12-4-5-19(24)18-13-17(26-2)10-11-20(18)27-3/h6-11,13-14,19H,4-5,12H2,1-3H3,(H,23,25)/p+1/t14-,19-/m1/s1. The van der Waals surface area contributed by atoms with Gasteiger partial charge in [0.1, 0.15) is 17.5 Å². The predicted molar refractivity (Wildman–Crippen MR) is 107 cm³/mol. The summed E-state index contributed by atoms with van der Waals surface area (Å²) < 4.78 is 11.0. The smallest absolute Gasteiger partial charge is 0.282 e. The number of ether oxygens (including phenoxy) is 2. The topological polar surface area (TPSA) is 52.0 Å². The Hall–Kier alpha value is -2.24. The van der Waals surface area contributed by atoms with E-state index < -0.39 is 0 Å². The summed E-state index contributed by atoms with van der Waals surface area (Å²) in [5, 5.41) is 3.64. The molecule has 1 unspecified atom stereocenters. The molecule has 0 spiro atoms. The second-order valence-electron chi connectivity index (χ2n) is 6.85. The SMILES string of the molecule is COc1ccc(OC)c([C@H]2CCC[NH+]2[C@H](C)C(=O)Nc2ccc(Cl)cc2)c1. The van der Waals surface area contributed by atoms with Crippen LogP contribution in [-0.2, 0) is 4.79 Å². The highest BCUT2D eigenvalue weighted by Gasteiger charge is 2.38. The van der Waals surface area contributed by atoms with Crippen LogP contribution in [0.25, 0.3) is 0 Å². The molecule has 27 heavy (non-hydrogen) atoms. The lowest BCUT2D eigenvalue weighted by Gasteiger charge is -2.28. The van der Waals surface area contributed by atoms with Gasteiger partial charge in [-0.2, -0.15) is 0 Å². The number of halogens is 1. The molecule has 6 heteroatoms. The van der Waals surface area contributed by atoms with Crippen LogP contribution in [0.4, 0.5) is 5.69 Å². The van der Waals surface area contributed by atoms with Gasteiger partial charge in [-0.15, -0.1) is 0 Å². The molecule has 0 bridgehead atoms. The fraction of sp³-hybridized carbons (Fsp3) is 0.381. The minimum atomic E-state index is -0.191. The number of carbonyl (C=O) groups is 1. The number of anilines is 1. The van der Waals surface area contributed by atoms with Gasteiger partial charge in [0.25, 0.3) is 5.91 Å². The molecular formula is C21H26ClN2O3+. The summed E-state index contributed by atoms with van der Waals surface area (Å²) in [5.74, 6) is 1.64. The second-order valence-corrected chi connectivity index (χ2v) is 7.28. The Bertz CT molecular complexity index is 795. The van der Waals surface area contributed by atoms with Crippen LogP contribution in [0.5, 0.6) is 11.5 Å². The molecule has 1 aliphatic heterocycles. The van der Waals surface area contributed by atoms with Crippen molar-refractivity contribution < 1.29 is 19.2 Å². The van der Waals surface area contributed by atoms with E-state index >= 15 is 0 Å². The number of benzene rings is 2. The largest absolute Gasteiger partial charge is 0.497 e. The average molecular weight is 390 g/mol. The summed E-state index contributed by atoms with van der Waals surface area (Å²) in [7, 11) is 3.34. The molecule has 1 aliphatic rings. The van der Waals surface area contributed by atoms with Crippen molar-refractivity contribution in [2.75, 3.05) is 26.1 Å². The lowest BCUT2D eigenvalue weighted by atomic mass is 10.0. The molecule has 1 fully saturated rings. The third-order valence-corrected chi connectivity index (χ3v) is 5.53. The molecule has 0 radical (unpaired) electrons. The third kappa shape index (κ3) is 4.37. The van der Waals surface area contributed by atoms with Gasteiger partial charge in [0.05, 0.1) is 26.3 Å². The van der Waals surface area contributed by atoms with Crippen LogP contribution < -0.4 is 19.7 Å². The van der Waals surface area contributed by atoms with Gasteiger partial charge < -0.3 is 19.7 Å². The van der Waals surface area contributed by atoms with Gasteiger partial charge >= 0.3 is 0 Å². The zero-order valence-electron chi connectivity index (χ0n) is 15.9. The van der Waals surface area contributed by atoms with Gasteiger partial charge in [-0.25, -0.2) is 0 Å². The quantitative estimate of drug-likeness (QED) is 0.798. The van der Waals surface area contributed by atoms with E-state index in [2.05, 4.69) is 5.32 Å². The summed E-state index contributed by atoms with van der Waals surface area (Å²) in [4.78, 5) is 14.1. The van der Waals surface area contributed by atoms with E-state index in [1.54, 1.807) is 26.4 Å². The van der Waals surface area contributed by atoms with Crippen LogP contribution in [0.2, 0.25) is 5.02 Å². The molecule has 1 heterocycles. The second kappa shape index (κ2) is 8.63. The number of likely N-dealkylation sites (tertiary alicyclic amines) is 1. The number of hydrogen-bond donors (Lipinski definition) is 2. The first kappa shape index (κ1) is 19.5. The van der Waals surface area contributed by atoms with Crippen LogP contribution in [0, 0.1) is 0 Å². The van der Waals surface area contributed by atoms with E-state index in [4.69, 9.17) is 21.1 Å². The minimum absolute atomic E-state index is 0.00101. The Kier molecular flexibility index (Phi) is 6.24. The number of amides is 1. The third-order valence-electron chi connectivity index (χ3n) is 5.28. The van der Waals surface area contributed by atoms with Crippen molar-refractivity contribution in [3.05, 3.63) is 53.1 Å². The van der Waals surface area contributed by atoms with Gasteiger partial charge in [0.15, 0.2) is 6.04 Å². The maximum absolute atomic E-state index is 12.8. The number of rotatable bonds is 6. The molecule has 144 valence electrons. The first-order valence-corrected chi connectivity index (χ1v) is 9.55. The highest BCUT2D eigenvalue weighted by atomic mass is 35.5. The van der Waals surface area contributed by atoms with Gasteiger partial charge in [0, 0.05) is 23.6 Å². The molecule has 0 aromatic heterocycles. The lowest BCUT2D eigenvalue weighted by Crippen LogP contribution is -3.15. The van der Waals surface area contributed by atoms with Gasteiger partial charge in [-0.05, 0) is 49.4 Å². The summed E-state index contributed by atoms with van der Waals surface area (Å²) in [6, 6.07) is 13.0. The Labute approximate surface area is 165 Å². The molecular weight excluding hydrogens is 364 g/mol. The first-order valence-electron chi connectivity index (χ1n) is 9.17. The van der Waals surface area contributed by atoms with Gasteiger partial charge in [0.2, 0.25) is 0 Å². The van der Waals surface area contributed by atoms with Crippen molar-refractivity contribution in [2.45, 2.75) is 31.8 Å². The van der Waals surface area contributed by atoms with Crippen molar-refractivity contribution in [3.63, 3.8) is 0 Å². The van der Waals surface area contributed by atoms with E-state index in [1.165, 1.54) is 4.90 Å². The van der Waals surface area contributed by atoms with Crippen molar-refractivity contribution in [2.24, 2.45) is 0 Å². The zero-order valence-corrected chi connectivity index (χ0v) is 16.7. The molecule has 5 nitrogen and oxygen atoms in total. The maximum Gasteiger partial charge on any atom is 0.282 e. The molecule has 3 atom stereocenters. The minimum Gasteiger partial charge on any atom is -0.497 e. The predicted octanol–water partition coefficient (Wildman–Crippen LogP) is 3.10. The van der Waals surface area contributed by atoms with Crippen LogP contribution in [0.1, 0.15) is 31.4 Å². The Balaban J connectivity index is 1.79. The number of carbonyl (C=O) groups excluding carboxylic acids is 1. The lowest BCUT2D eigenvalue weighted by molar-refractivity contribution is -0.932. The van der Waals surface area contributed by atoms with E-state index in [-0.39, 0.29) is 18.0 Å². The van der Waals surface area contributed by atoms with Crippen LogP contribution in [0.15, 0.2) is 42.5 Å². The summed E-state index contributed by atoms with van der Waals surface area (Å²) >= 11 is 5.92. The number of hydrogen-bond acceptors (Lipinski definition) is 3. The summed E-state index contributed by atoms with van der Waals surface area (Å²) in [5.41, 5.74) is 1.85. The van der Waals surface area contributed by atoms with Crippen molar-refractivity contribution in [3.8, 4) is 11.5 Å². The zero-order chi connectivity index (χ0) is 19.4. The Morgan fingerprint density at radius 1 is 1.19 bits per heavy atom. The number of quaternary nitrogens is 1. The number of nitrogens with one attached hydrogen (secondary N) is 2. The average Bonchev–Trinajstić information content (AvgIpc) is 3.18. The van der Waals surface area contributed by atoms with E-state index in [0.717, 1.165) is 42.1 Å². The van der Waals surface area contributed by atoms with Crippen molar-refractivity contribution in [1.82, 2.24) is 0 Å². The Morgan fingerprint density at radius 2 is 1.93 bits per heavy atom. The molecule has 0 saturated carbocycles. The highest BCUT2D eigenvalue weighted by molar-refractivity contribution is 6.30. The van der Waals surface area contributed by atoms with Crippen LogP contribution >= 0.6 is 11.6 Å². The first-order chi connectivity index (χ1) is 13.0. The number of methoxy groups -OCH3 is 2.